The number of hydrazone groups is 1. The predicted octanol–water partition coefficient (Wildman–Crippen LogP) is 2.90. The van der Waals surface area contributed by atoms with Gasteiger partial charge in [-0.15, -0.1) is 6.58 Å². The topological polar surface area (TPSA) is 94.5 Å². The lowest BCUT2D eigenvalue weighted by atomic mass is 9.85. The van der Waals surface area contributed by atoms with Gasteiger partial charge in [0.25, 0.3) is 11.8 Å². The van der Waals surface area contributed by atoms with E-state index < -0.39 is 12.1 Å². The molecule has 4 rings (SSSR count). The molecular weight excluding hydrogens is 424 g/mol. The van der Waals surface area contributed by atoms with Gasteiger partial charge in [0.05, 0.1) is 31.8 Å². The van der Waals surface area contributed by atoms with Crippen molar-refractivity contribution in [3.05, 3.63) is 48.1 Å². The standard InChI is InChI=1S/C25H28N2O6/c1-5-7-18-10-15(11-19(31-4)22(18)33-14(3)25(30)32-6-2)13-26-27-23(28)20-16-8-9-17(12-16)21(20)24(27)29/h5,8-11,13-14,16-17,20-21H,1,6-7,12H2,2-4H3. The molecule has 1 aliphatic heterocycles. The minimum Gasteiger partial charge on any atom is -0.493 e. The van der Waals surface area contributed by atoms with Crippen LogP contribution in [0.2, 0.25) is 0 Å². The molecule has 33 heavy (non-hydrogen) atoms. The van der Waals surface area contributed by atoms with E-state index in [1.807, 2.05) is 12.2 Å². The lowest BCUT2D eigenvalue weighted by Crippen LogP contribution is -2.28. The van der Waals surface area contributed by atoms with Crippen LogP contribution < -0.4 is 9.47 Å². The summed E-state index contributed by atoms with van der Waals surface area (Å²) in [5.41, 5.74) is 1.35. The number of hydrogen-bond donors (Lipinski definition) is 0. The van der Waals surface area contributed by atoms with Crippen LogP contribution in [0.1, 0.15) is 31.4 Å². The predicted molar refractivity (Wildman–Crippen MR) is 121 cm³/mol. The Balaban J connectivity index is 1.58. The molecule has 174 valence electrons. The number of carbonyl (C=O) groups excluding carboxylic acids is 3. The van der Waals surface area contributed by atoms with E-state index in [0.717, 1.165) is 17.0 Å². The monoisotopic (exact) mass is 452 g/mol. The Hall–Kier alpha value is -3.42. The van der Waals surface area contributed by atoms with Gasteiger partial charge in [-0.1, -0.05) is 18.2 Å². The van der Waals surface area contributed by atoms with Crippen molar-refractivity contribution in [3.8, 4) is 11.5 Å². The van der Waals surface area contributed by atoms with Gasteiger partial charge in [0.2, 0.25) is 0 Å². The molecule has 1 heterocycles. The molecule has 5 atom stereocenters. The first-order chi connectivity index (χ1) is 15.9. The Morgan fingerprint density at radius 2 is 1.91 bits per heavy atom. The fourth-order valence-corrected chi connectivity index (χ4v) is 4.96. The van der Waals surface area contributed by atoms with E-state index in [1.165, 1.54) is 13.3 Å². The lowest BCUT2D eigenvalue weighted by molar-refractivity contribution is -0.150. The molecule has 3 aliphatic rings. The number of rotatable bonds is 9. The van der Waals surface area contributed by atoms with Crippen LogP contribution in [0.5, 0.6) is 11.5 Å². The third-order valence-corrected chi connectivity index (χ3v) is 6.42. The molecule has 2 amide bonds. The first-order valence-corrected chi connectivity index (χ1v) is 11.1. The smallest absolute Gasteiger partial charge is 0.347 e. The van der Waals surface area contributed by atoms with Crippen molar-refractivity contribution in [2.24, 2.45) is 28.8 Å². The highest BCUT2D eigenvalue weighted by Crippen LogP contribution is 2.52. The van der Waals surface area contributed by atoms with Gasteiger partial charge in [0, 0.05) is 5.56 Å². The highest BCUT2D eigenvalue weighted by molar-refractivity contribution is 6.06. The normalized spacial score (nSPS) is 26.1. The minimum absolute atomic E-state index is 0.133. The second-order valence-corrected chi connectivity index (χ2v) is 8.45. The maximum Gasteiger partial charge on any atom is 0.347 e. The van der Waals surface area contributed by atoms with E-state index in [9.17, 15) is 14.4 Å². The lowest BCUT2D eigenvalue weighted by Gasteiger charge is -2.19. The minimum atomic E-state index is -0.829. The van der Waals surface area contributed by atoms with Gasteiger partial charge >= 0.3 is 5.97 Å². The number of ether oxygens (including phenoxy) is 3. The fourth-order valence-electron chi connectivity index (χ4n) is 4.96. The third-order valence-electron chi connectivity index (χ3n) is 6.42. The Morgan fingerprint density at radius 1 is 1.24 bits per heavy atom. The number of carbonyl (C=O) groups is 3. The van der Waals surface area contributed by atoms with Crippen LogP contribution in [-0.4, -0.2) is 48.8 Å². The first-order valence-electron chi connectivity index (χ1n) is 11.1. The van der Waals surface area contributed by atoms with Crippen LogP contribution in [0.3, 0.4) is 0 Å². The fraction of sp³-hybridized carbons (Fsp3) is 0.440. The van der Waals surface area contributed by atoms with Gasteiger partial charge in [0.15, 0.2) is 17.6 Å². The average Bonchev–Trinajstić information content (AvgIpc) is 3.48. The van der Waals surface area contributed by atoms with E-state index >= 15 is 0 Å². The molecule has 1 aromatic carbocycles. The molecule has 2 fully saturated rings. The number of hydrogen-bond acceptors (Lipinski definition) is 7. The number of nitrogens with zero attached hydrogens (tertiary/aromatic N) is 2. The van der Waals surface area contributed by atoms with Crippen molar-refractivity contribution in [1.82, 2.24) is 5.01 Å². The van der Waals surface area contributed by atoms with Crippen molar-refractivity contribution in [1.29, 1.82) is 0 Å². The van der Waals surface area contributed by atoms with Gasteiger partial charge in [-0.2, -0.15) is 10.1 Å². The number of methoxy groups -OCH3 is 1. The Kier molecular flexibility index (Phi) is 6.35. The van der Waals surface area contributed by atoms with Crippen LogP contribution >= 0.6 is 0 Å². The number of benzene rings is 1. The van der Waals surface area contributed by atoms with Crippen molar-refractivity contribution < 1.29 is 28.6 Å². The number of fused-ring (bicyclic) bond motifs is 5. The Labute approximate surface area is 192 Å². The van der Waals surface area contributed by atoms with Crippen molar-refractivity contribution in [3.63, 3.8) is 0 Å². The third kappa shape index (κ3) is 4.05. The molecule has 8 heteroatoms. The van der Waals surface area contributed by atoms with E-state index in [2.05, 4.69) is 11.7 Å². The number of amides is 2. The zero-order chi connectivity index (χ0) is 23.7. The maximum absolute atomic E-state index is 12.8. The van der Waals surface area contributed by atoms with Gasteiger partial charge in [-0.05, 0) is 56.2 Å². The van der Waals surface area contributed by atoms with Gasteiger partial charge in [-0.3, -0.25) is 9.59 Å². The number of allylic oxidation sites excluding steroid dienone is 3. The molecule has 0 N–H and O–H groups in total. The quantitative estimate of drug-likeness (QED) is 0.248. The molecule has 0 aromatic heterocycles. The van der Waals surface area contributed by atoms with Crippen molar-refractivity contribution >= 4 is 24.0 Å². The molecular formula is C25H28N2O6. The first kappa shape index (κ1) is 22.8. The molecule has 0 spiro atoms. The van der Waals surface area contributed by atoms with Crippen molar-refractivity contribution in [2.75, 3.05) is 13.7 Å². The summed E-state index contributed by atoms with van der Waals surface area (Å²) in [5, 5.41) is 5.25. The summed E-state index contributed by atoms with van der Waals surface area (Å²) in [5.74, 6) is -0.478. The molecule has 2 aliphatic carbocycles. The Bertz CT molecular complexity index is 1020. The summed E-state index contributed by atoms with van der Waals surface area (Å²) in [4.78, 5) is 37.7. The Morgan fingerprint density at radius 3 is 2.48 bits per heavy atom. The highest BCUT2D eigenvalue weighted by Gasteiger charge is 2.59. The van der Waals surface area contributed by atoms with Crippen LogP contribution in [0.15, 0.2) is 42.0 Å². The number of esters is 1. The average molecular weight is 453 g/mol. The van der Waals surface area contributed by atoms with Crippen molar-refractivity contribution in [2.45, 2.75) is 32.8 Å². The summed E-state index contributed by atoms with van der Waals surface area (Å²) >= 11 is 0. The summed E-state index contributed by atoms with van der Waals surface area (Å²) in [7, 11) is 1.49. The van der Waals surface area contributed by atoms with E-state index in [0.29, 0.717) is 23.5 Å². The van der Waals surface area contributed by atoms with Gasteiger partial charge in [0.1, 0.15) is 0 Å². The molecule has 1 saturated carbocycles. The molecule has 8 nitrogen and oxygen atoms in total. The second-order valence-electron chi connectivity index (χ2n) is 8.45. The summed E-state index contributed by atoms with van der Waals surface area (Å²) < 4.78 is 16.4. The van der Waals surface area contributed by atoms with E-state index in [1.54, 1.807) is 32.1 Å². The molecule has 2 bridgehead atoms. The largest absolute Gasteiger partial charge is 0.493 e. The van der Waals surface area contributed by atoms with Crippen LogP contribution in [0.4, 0.5) is 0 Å². The molecule has 1 saturated heterocycles. The molecule has 0 radical (unpaired) electrons. The van der Waals surface area contributed by atoms with E-state index in [4.69, 9.17) is 14.2 Å². The van der Waals surface area contributed by atoms with Gasteiger partial charge in [-0.25, -0.2) is 4.79 Å². The maximum atomic E-state index is 12.8. The van der Waals surface area contributed by atoms with Crippen LogP contribution in [0, 0.1) is 23.7 Å². The molecule has 5 unspecified atom stereocenters. The zero-order valence-electron chi connectivity index (χ0n) is 19.0. The summed E-state index contributed by atoms with van der Waals surface area (Å²) in [6.07, 6.45) is 7.76. The van der Waals surface area contributed by atoms with Crippen LogP contribution in [-0.2, 0) is 25.5 Å². The second kappa shape index (κ2) is 9.21. The highest BCUT2D eigenvalue weighted by atomic mass is 16.6. The van der Waals surface area contributed by atoms with E-state index in [-0.39, 0.29) is 42.1 Å². The zero-order valence-corrected chi connectivity index (χ0v) is 19.0. The summed E-state index contributed by atoms with van der Waals surface area (Å²) in [6, 6.07) is 3.48. The number of imide groups is 1. The SMILES string of the molecule is C=CCc1cc(C=NN2C(=O)C3C4C=CC(C4)C3C2=O)cc(OC)c1OC(C)C(=O)OCC. The summed E-state index contributed by atoms with van der Waals surface area (Å²) in [6.45, 7) is 7.37. The van der Waals surface area contributed by atoms with Crippen LogP contribution in [0.25, 0.3) is 0 Å². The van der Waals surface area contributed by atoms with Gasteiger partial charge < -0.3 is 14.2 Å². The molecule has 1 aromatic rings.